The number of rotatable bonds is 4. The van der Waals surface area contributed by atoms with Gasteiger partial charge < -0.3 is 19.5 Å². The highest BCUT2D eigenvalue weighted by molar-refractivity contribution is 6.15. The van der Waals surface area contributed by atoms with Crippen molar-refractivity contribution in [3.05, 3.63) is 36.0 Å². The van der Waals surface area contributed by atoms with Crippen LogP contribution in [0, 0.1) is 0 Å². The van der Waals surface area contributed by atoms with E-state index in [0.29, 0.717) is 5.69 Å². The van der Waals surface area contributed by atoms with Crippen molar-refractivity contribution in [2.75, 3.05) is 5.32 Å². The first kappa shape index (κ1) is 16.4. The van der Waals surface area contributed by atoms with Gasteiger partial charge in [0, 0.05) is 31.8 Å². The lowest BCUT2D eigenvalue weighted by molar-refractivity contribution is -0.222. The molecule has 0 unspecified atom stereocenters. The Hall–Kier alpha value is -2.50. The summed E-state index contributed by atoms with van der Waals surface area (Å²) in [4.78, 5) is 23.8. The standard InChI is InChI=1S/C18H21NO5/c1-18(2)23-16(20)15(17(21)24-18)11-19-12-6-5-9-14(10-12)22-13-7-3-4-8-13/h5-6,9-11,13,19H,3-4,7-8H2,1-2H3. The third kappa shape index (κ3) is 3.88. The van der Waals surface area contributed by atoms with Gasteiger partial charge in [0.2, 0.25) is 0 Å². The fourth-order valence-corrected chi connectivity index (χ4v) is 2.79. The fourth-order valence-electron chi connectivity index (χ4n) is 2.79. The number of anilines is 1. The Morgan fingerprint density at radius 3 is 2.50 bits per heavy atom. The Balaban J connectivity index is 1.67. The maximum atomic E-state index is 11.9. The summed E-state index contributed by atoms with van der Waals surface area (Å²) in [6.45, 7) is 3.02. The summed E-state index contributed by atoms with van der Waals surface area (Å²) in [5, 5.41) is 2.92. The Morgan fingerprint density at radius 2 is 1.83 bits per heavy atom. The monoisotopic (exact) mass is 331 g/mol. The lowest BCUT2D eigenvalue weighted by Crippen LogP contribution is -2.42. The minimum atomic E-state index is -1.24. The number of carbonyl (C=O) groups excluding carboxylic acids is 2. The first-order chi connectivity index (χ1) is 11.4. The third-order valence-electron chi connectivity index (χ3n) is 3.94. The number of carbonyl (C=O) groups is 2. The summed E-state index contributed by atoms with van der Waals surface area (Å²) in [5.74, 6) is -1.88. The molecular weight excluding hydrogens is 310 g/mol. The zero-order valence-corrected chi connectivity index (χ0v) is 13.8. The molecule has 1 saturated heterocycles. The first-order valence-corrected chi connectivity index (χ1v) is 8.13. The number of hydrogen-bond acceptors (Lipinski definition) is 6. The molecule has 0 atom stereocenters. The maximum Gasteiger partial charge on any atom is 0.350 e. The molecular formula is C18H21NO5. The van der Waals surface area contributed by atoms with Crippen molar-refractivity contribution in [2.45, 2.75) is 51.4 Å². The smallest absolute Gasteiger partial charge is 0.350 e. The molecule has 1 heterocycles. The Kier molecular flexibility index (Phi) is 4.46. The predicted octanol–water partition coefficient (Wildman–Crippen LogP) is 3.14. The first-order valence-electron chi connectivity index (χ1n) is 8.13. The molecule has 1 saturated carbocycles. The Bertz CT molecular complexity index is 652. The zero-order valence-electron chi connectivity index (χ0n) is 13.8. The van der Waals surface area contributed by atoms with E-state index in [9.17, 15) is 9.59 Å². The second kappa shape index (κ2) is 6.55. The molecule has 0 bridgehead atoms. The molecule has 1 aromatic carbocycles. The van der Waals surface area contributed by atoms with Crippen molar-refractivity contribution in [2.24, 2.45) is 0 Å². The van der Waals surface area contributed by atoms with Gasteiger partial charge in [0.05, 0.1) is 6.10 Å². The highest BCUT2D eigenvalue weighted by atomic mass is 16.7. The largest absolute Gasteiger partial charge is 0.490 e. The topological polar surface area (TPSA) is 73.9 Å². The lowest BCUT2D eigenvalue weighted by Gasteiger charge is -2.29. The fraction of sp³-hybridized carbons (Fsp3) is 0.444. The average molecular weight is 331 g/mol. The summed E-state index contributed by atoms with van der Waals surface area (Å²) >= 11 is 0. The molecule has 3 rings (SSSR count). The summed E-state index contributed by atoms with van der Waals surface area (Å²) in [6, 6.07) is 7.40. The molecule has 1 aromatic rings. The van der Waals surface area contributed by atoms with Crippen LogP contribution in [0.1, 0.15) is 39.5 Å². The van der Waals surface area contributed by atoms with Crippen LogP contribution >= 0.6 is 0 Å². The van der Waals surface area contributed by atoms with Crippen LogP contribution in [-0.2, 0) is 19.1 Å². The van der Waals surface area contributed by atoms with E-state index in [-0.39, 0.29) is 11.7 Å². The number of ether oxygens (including phenoxy) is 3. The van der Waals surface area contributed by atoms with Crippen molar-refractivity contribution < 1.29 is 23.8 Å². The van der Waals surface area contributed by atoms with E-state index in [1.54, 1.807) is 0 Å². The van der Waals surface area contributed by atoms with Crippen molar-refractivity contribution in [3.8, 4) is 5.75 Å². The summed E-state index contributed by atoms with van der Waals surface area (Å²) in [7, 11) is 0. The van der Waals surface area contributed by atoms with Gasteiger partial charge in [-0.1, -0.05) is 6.07 Å². The molecule has 6 nitrogen and oxygen atoms in total. The number of nitrogens with one attached hydrogen (secondary N) is 1. The second-order valence-corrected chi connectivity index (χ2v) is 6.43. The van der Waals surface area contributed by atoms with Gasteiger partial charge in [-0.25, -0.2) is 9.59 Å². The van der Waals surface area contributed by atoms with E-state index in [0.717, 1.165) is 18.6 Å². The minimum absolute atomic E-state index is 0.170. The van der Waals surface area contributed by atoms with Gasteiger partial charge in [0.1, 0.15) is 5.75 Å². The van der Waals surface area contributed by atoms with Crippen LogP contribution in [-0.4, -0.2) is 23.8 Å². The second-order valence-electron chi connectivity index (χ2n) is 6.43. The molecule has 1 aliphatic carbocycles. The van der Waals surface area contributed by atoms with Gasteiger partial charge in [-0.3, -0.25) is 0 Å². The molecule has 0 radical (unpaired) electrons. The Labute approximate surface area is 140 Å². The van der Waals surface area contributed by atoms with Gasteiger partial charge in [0.25, 0.3) is 5.79 Å². The predicted molar refractivity (Wildman–Crippen MR) is 87.3 cm³/mol. The minimum Gasteiger partial charge on any atom is -0.490 e. The van der Waals surface area contributed by atoms with Gasteiger partial charge >= 0.3 is 11.9 Å². The lowest BCUT2D eigenvalue weighted by atomic mass is 10.2. The van der Waals surface area contributed by atoms with E-state index in [1.807, 2.05) is 24.3 Å². The molecule has 1 aliphatic heterocycles. The van der Waals surface area contributed by atoms with Gasteiger partial charge in [-0.15, -0.1) is 0 Å². The van der Waals surface area contributed by atoms with Gasteiger partial charge in [0.15, 0.2) is 5.57 Å². The quantitative estimate of drug-likeness (QED) is 0.519. The van der Waals surface area contributed by atoms with E-state index in [4.69, 9.17) is 14.2 Å². The van der Waals surface area contributed by atoms with Gasteiger partial charge in [-0.05, 0) is 37.8 Å². The molecule has 128 valence electrons. The van der Waals surface area contributed by atoms with Crippen molar-refractivity contribution in [1.82, 2.24) is 0 Å². The van der Waals surface area contributed by atoms with Crippen LogP contribution in [0.25, 0.3) is 0 Å². The van der Waals surface area contributed by atoms with Crippen LogP contribution in [0.2, 0.25) is 0 Å². The summed E-state index contributed by atoms with van der Waals surface area (Å²) < 4.78 is 16.0. The molecule has 6 heteroatoms. The van der Waals surface area contributed by atoms with E-state index in [1.165, 1.54) is 32.9 Å². The van der Waals surface area contributed by atoms with E-state index < -0.39 is 17.7 Å². The molecule has 24 heavy (non-hydrogen) atoms. The normalized spacial score (nSPS) is 20.3. The van der Waals surface area contributed by atoms with Crippen LogP contribution in [0.15, 0.2) is 36.0 Å². The summed E-state index contributed by atoms with van der Waals surface area (Å²) in [5.41, 5.74) is 0.542. The third-order valence-corrected chi connectivity index (χ3v) is 3.94. The highest BCUT2D eigenvalue weighted by Crippen LogP contribution is 2.26. The van der Waals surface area contributed by atoms with Crippen molar-refractivity contribution >= 4 is 17.6 Å². The van der Waals surface area contributed by atoms with Crippen molar-refractivity contribution in [3.63, 3.8) is 0 Å². The number of hydrogen-bond donors (Lipinski definition) is 1. The zero-order chi connectivity index (χ0) is 17.2. The molecule has 2 aliphatic rings. The number of benzene rings is 1. The molecule has 2 fully saturated rings. The molecule has 0 spiro atoms. The van der Waals surface area contributed by atoms with Crippen LogP contribution in [0.4, 0.5) is 5.69 Å². The summed E-state index contributed by atoms with van der Waals surface area (Å²) in [6.07, 6.45) is 6.13. The van der Waals surface area contributed by atoms with Crippen molar-refractivity contribution in [1.29, 1.82) is 0 Å². The maximum absolute atomic E-state index is 11.9. The average Bonchev–Trinajstić information content (AvgIpc) is 2.98. The van der Waals surface area contributed by atoms with Crippen LogP contribution in [0.5, 0.6) is 5.75 Å². The molecule has 0 aromatic heterocycles. The molecule has 1 N–H and O–H groups in total. The van der Waals surface area contributed by atoms with E-state index in [2.05, 4.69) is 5.32 Å². The molecule has 0 amide bonds. The van der Waals surface area contributed by atoms with E-state index >= 15 is 0 Å². The van der Waals surface area contributed by atoms with Crippen LogP contribution < -0.4 is 10.1 Å². The number of esters is 2. The Morgan fingerprint density at radius 1 is 1.17 bits per heavy atom. The van der Waals surface area contributed by atoms with Crippen LogP contribution in [0.3, 0.4) is 0 Å². The van der Waals surface area contributed by atoms with Gasteiger partial charge in [-0.2, -0.15) is 0 Å². The SMILES string of the molecule is CC1(C)OC(=O)C(=CNc2cccc(OC3CCCC3)c2)C(=O)O1. The number of cyclic esters (lactones) is 2. The highest BCUT2D eigenvalue weighted by Gasteiger charge is 2.38.